The summed E-state index contributed by atoms with van der Waals surface area (Å²) in [5.74, 6) is -1.42. The molecule has 5 rings (SSSR count). The predicted octanol–water partition coefficient (Wildman–Crippen LogP) is 9.24. The molecule has 7 nitrogen and oxygen atoms in total. The lowest BCUT2D eigenvalue weighted by atomic mass is 9.70. The molecule has 0 spiro atoms. The lowest BCUT2D eigenvalue weighted by Gasteiger charge is -2.40. The summed E-state index contributed by atoms with van der Waals surface area (Å²) in [5.41, 5.74) is 0.236. The number of halogens is 7. The van der Waals surface area contributed by atoms with Crippen LogP contribution in [0, 0.1) is 17.2 Å². The van der Waals surface area contributed by atoms with Crippen LogP contribution < -0.4 is 20.1 Å². The van der Waals surface area contributed by atoms with Crippen LogP contribution in [0.5, 0.6) is 11.5 Å². The smallest absolute Gasteiger partial charge is 0.484 e. The van der Waals surface area contributed by atoms with Gasteiger partial charge in [0.05, 0.1) is 16.6 Å². The number of fused-ring (bicyclic) bond motifs is 1. The van der Waals surface area contributed by atoms with E-state index < -0.39 is 36.4 Å². The zero-order valence-corrected chi connectivity index (χ0v) is 25.0. The van der Waals surface area contributed by atoms with Gasteiger partial charge < -0.3 is 24.7 Å². The Morgan fingerprint density at radius 2 is 1.63 bits per heavy atom. The first kappa shape index (κ1) is 32.9. The second-order valence-corrected chi connectivity index (χ2v) is 12.2. The second kappa shape index (κ2) is 12.4. The highest BCUT2D eigenvalue weighted by Gasteiger charge is 2.36. The number of anilines is 3. The van der Waals surface area contributed by atoms with Crippen LogP contribution in [0.15, 0.2) is 60.7 Å². The zero-order valence-electron chi connectivity index (χ0n) is 25.0. The molecule has 1 saturated carbocycles. The van der Waals surface area contributed by atoms with Crippen LogP contribution in [0.4, 0.5) is 48.1 Å². The SMILES string of the molecule is C[C@@H]1C[C@H](n2c(Nc3ccc(OC(F)(F)F)cc3)nc3cc(OCC(=O)Nc4ccc(C(F)(F)F)c(F)c4)ccc32)CC(C)(C)C1. The Balaban J connectivity index is 1.36. The number of alkyl halides is 6. The van der Waals surface area contributed by atoms with E-state index in [9.17, 15) is 35.5 Å². The highest BCUT2D eigenvalue weighted by Crippen LogP contribution is 2.46. The van der Waals surface area contributed by atoms with E-state index in [0.717, 1.165) is 30.8 Å². The number of nitrogens with one attached hydrogen (secondary N) is 2. The topological polar surface area (TPSA) is 77.4 Å². The van der Waals surface area contributed by atoms with Gasteiger partial charge in [0.15, 0.2) is 6.61 Å². The summed E-state index contributed by atoms with van der Waals surface area (Å²) in [5, 5.41) is 5.52. The van der Waals surface area contributed by atoms with Crippen LogP contribution in [0.25, 0.3) is 11.0 Å². The van der Waals surface area contributed by atoms with Crippen LogP contribution in [0.1, 0.15) is 51.6 Å². The van der Waals surface area contributed by atoms with Crippen LogP contribution in [-0.4, -0.2) is 28.4 Å². The van der Waals surface area contributed by atoms with E-state index in [1.54, 1.807) is 18.2 Å². The molecular weight excluding hydrogens is 621 g/mol. The number of aromatic nitrogens is 2. The average molecular weight is 653 g/mol. The van der Waals surface area contributed by atoms with Crippen molar-refractivity contribution >= 4 is 34.3 Å². The van der Waals surface area contributed by atoms with E-state index in [4.69, 9.17) is 9.72 Å². The molecular formula is C32H31F7N4O3. The van der Waals surface area contributed by atoms with Gasteiger partial charge in [0.25, 0.3) is 5.91 Å². The van der Waals surface area contributed by atoms with Gasteiger partial charge in [-0.25, -0.2) is 9.37 Å². The Kier molecular flexibility index (Phi) is 8.84. The maximum Gasteiger partial charge on any atom is 0.573 e. The number of ether oxygens (including phenoxy) is 2. The monoisotopic (exact) mass is 652 g/mol. The number of carbonyl (C=O) groups excluding carboxylic acids is 1. The number of imidazole rings is 1. The molecule has 1 aromatic heterocycles. The minimum Gasteiger partial charge on any atom is -0.484 e. The lowest BCUT2D eigenvalue weighted by molar-refractivity contribution is -0.274. The second-order valence-electron chi connectivity index (χ2n) is 12.2. The first-order valence-electron chi connectivity index (χ1n) is 14.4. The Morgan fingerprint density at radius 1 is 0.957 bits per heavy atom. The van der Waals surface area contributed by atoms with Gasteiger partial charge in [-0.15, -0.1) is 13.2 Å². The first-order chi connectivity index (χ1) is 21.5. The van der Waals surface area contributed by atoms with Crippen LogP contribution in [0.3, 0.4) is 0 Å². The first-order valence-corrected chi connectivity index (χ1v) is 14.4. The molecule has 0 unspecified atom stereocenters. The Bertz CT molecular complexity index is 1720. The van der Waals surface area contributed by atoms with E-state index in [2.05, 4.69) is 40.7 Å². The van der Waals surface area contributed by atoms with Crippen molar-refractivity contribution in [1.82, 2.24) is 9.55 Å². The number of nitrogens with zero attached hydrogens (tertiary/aromatic N) is 2. The van der Waals surface area contributed by atoms with Crippen LogP contribution in [0.2, 0.25) is 0 Å². The highest BCUT2D eigenvalue weighted by molar-refractivity contribution is 5.92. The fourth-order valence-corrected chi connectivity index (χ4v) is 6.16. The van der Waals surface area contributed by atoms with Gasteiger partial charge >= 0.3 is 12.5 Å². The number of rotatable bonds is 8. The molecule has 1 fully saturated rings. The van der Waals surface area contributed by atoms with Crippen LogP contribution >= 0.6 is 0 Å². The predicted molar refractivity (Wildman–Crippen MR) is 158 cm³/mol. The standard InChI is InChI=1S/C32H31F7N4O3/c1-18-12-21(16-30(2,3)15-18)43-27-11-9-23(45-17-28(44)40-20-6-10-24(25(33)13-20)31(34,35)36)14-26(27)42-29(43)41-19-4-7-22(8-5-19)46-32(37,38)39/h4-11,13-14,18,21H,12,15-17H2,1-3H3,(H,40,44)(H,41,42)/t18-,21+/m1/s1. The van der Waals surface area contributed by atoms with Crippen LogP contribution in [-0.2, 0) is 11.0 Å². The van der Waals surface area contributed by atoms with Gasteiger partial charge in [-0.3, -0.25) is 4.79 Å². The maximum atomic E-state index is 13.9. The molecule has 0 radical (unpaired) electrons. The normalized spacial score (nSPS) is 18.3. The lowest BCUT2D eigenvalue weighted by Crippen LogP contribution is -2.29. The molecule has 2 N–H and O–H groups in total. The molecule has 1 amide bonds. The fraction of sp³-hybridized carbons (Fsp3) is 0.375. The Morgan fingerprint density at radius 3 is 2.26 bits per heavy atom. The van der Waals surface area contributed by atoms with Crippen molar-refractivity contribution < 1.29 is 45.0 Å². The number of carbonyl (C=O) groups is 1. The van der Waals surface area contributed by atoms with Crippen molar-refractivity contribution in [2.75, 3.05) is 17.2 Å². The minimum absolute atomic E-state index is 0.0547. The molecule has 0 aliphatic heterocycles. The van der Waals surface area contributed by atoms with E-state index in [0.29, 0.717) is 35.2 Å². The van der Waals surface area contributed by atoms with Crippen molar-refractivity contribution in [3.63, 3.8) is 0 Å². The van der Waals surface area contributed by atoms with Gasteiger partial charge in [0.1, 0.15) is 17.3 Å². The molecule has 2 atom stereocenters. The third-order valence-corrected chi connectivity index (χ3v) is 7.66. The van der Waals surface area contributed by atoms with Gasteiger partial charge in [0.2, 0.25) is 5.95 Å². The molecule has 1 aliphatic rings. The fourth-order valence-electron chi connectivity index (χ4n) is 6.16. The summed E-state index contributed by atoms with van der Waals surface area (Å²) in [7, 11) is 0. The van der Waals surface area contributed by atoms with Gasteiger partial charge in [-0.05, 0) is 85.2 Å². The Hall–Kier alpha value is -4.49. The molecule has 0 saturated heterocycles. The summed E-state index contributed by atoms with van der Waals surface area (Å²) in [6, 6.07) is 12.5. The van der Waals surface area contributed by atoms with E-state index in [1.165, 1.54) is 24.3 Å². The largest absolute Gasteiger partial charge is 0.573 e. The van der Waals surface area contributed by atoms with Crippen molar-refractivity contribution in [3.05, 3.63) is 72.0 Å². The minimum atomic E-state index is -4.86. The van der Waals surface area contributed by atoms with Crippen molar-refractivity contribution in [2.24, 2.45) is 11.3 Å². The number of benzene rings is 3. The van der Waals surface area contributed by atoms with Gasteiger partial charge in [0, 0.05) is 23.5 Å². The summed E-state index contributed by atoms with van der Waals surface area (Å²) < 4.78 is 102. The maximum absolute atomic E-state index is 13.9. The Labute approximate surface area is 259 Å². The average Bonchev–Trinajstić information content (AvgIpc) is 3.27. The third-order valence-electron chi connectivity index (χ3n) is 7.66. The van der Waals surface area contributed by atoms with E-state index >= 15 is 0 Å². The molecule has 0 bridgehead atoms. The molecule has 1 aliphatic carbocycles. The zero-order chi connectivity index (χ0) is 33.4. The van der Waals surface area contributed by atoms with E-state index in [-0.39, 0.29) is 28.6 Å². The molecule has 1 heterocycles. The highest BCUT2D eigenvalue weighted by atomic mass is 19.4. The third kappa shape index (κ3) is 8.01. The van der Waals surface area contributed by atoms with Gasteiger partial charge in [-0.2, -0.15) is 13.2 Å². The molecule has 46 heavy (non-hydrogen) atoms. The summed E-state index contributed by atoms with van der Waals surface area (Å²) in [6.45, 7) is 6.09. The molecule has 14 heteroatoms. The van der Waals surface area contributed by atoms with Crippen molar-refractivity contribution in [1.29, 1.82) is 0 Å². The van der Waals surface area contributed by atoms with Gasteiger partial charge in [-0.1, -0.05) is 20.8 Å². The summed E-state index contributed by atoms with van der Waals surface area (Å²) >= 11 is 0. The number of amides is 1. The number of hydrogen-bond acceptors (Lipinski definition) is 5. The molecule has 3 aromatic carbocycles. The quantitative estimate of drug-likeness (QED) is 0.186. The molecule has 4 aromatic rings. The van der Waals surface area contributed by atoms with Crippen molar-refractivity contribution in [3.8, 4) is 11.5 Å². The van der Waals surface area contributed by atoms with Crippen molar-refractivity contribution in [2.45, 2.75) is 58.6 Å². The van der Waals surface area contributed by atoms with E-state index in [1.807, 2.05) is 0 Å². The summed E-state index contributed by atoms with van der Waals surface area (Å²) in [4.78, 5) is 17.2. The molecule has 246 valence electrons. The number of hydrogen-bond donors (Lipinski definition) is 2. The summed E-state index contributed by atoms with van der Waals surface area (Å²) in [6.07, 6.45) is -6.88.